The van der Waals surface area contributed by atoms with Crippen LogP contribution in [0.25, 0.3) is 10.8 Å². The maximum Gasteiger partial charge on any atom is 0.142 e. The maximum atomic E-state index is 11.5. The number of para-hydroxylation sites is 2. The SMILES string of the molecule is CCCC[C@H]([C@@H](O)c1ccc2c(Cl)c(OC)ccc2c1)N1CCN(c2ccccc2OC)CC1. The highest BCUT2D eigenvalue weighted by atomic mass is 35.5. The standard InChI is InChI=1S/C28H35ClN2O3/c1-4-5-8-24(31-17-15-30(16-18-31)23-9-6-7-10-25(23)33-2)28(32)21-11-13-22-20(19-21)12-14-26(34-3)27(22)29/h6-7,9-14,19,24,28,32H,4-5,8,15-18H2,1-3H3/t24-,28+/m1/s1. The molecule has 34 heavy (non-hydrogen) atoms. The molecule has 0 aliphatic carbocycles. The summed E-state index contributed by atoms with van der Waals surface area (Å²) >= 11 is 6.50. The van der Waals surface area contributed by atoms with Crippen LogP contribution in [0.3, 0.4) is 0 Å². The molecule has 0 amide bonds. The van der Waals surface area contributed by atoms with Gasteiger partial charge in [-0.05, 0) is 41.6 Å². The first-order valence-electron chi connectivity index (χ1n) is 12.1. The van der Waals surface area contributed by atoms with Crippen molar-refractivity contribution in [1.29, 1.82) is 0 Å². The van der Waals surface area contributed by atoms with Gasteiger partial charge in [0.05, 0.1) is 31.0 Å². The largest absolute Gasteiger partial charge is 0.495 e. The fourth-order valence-electron chi connectivity index (χ4n) is 4.99. The number of benzene rings is 3. The van der Waals surface area contributed by atoms with Gasteiger partial charge >= 0.3 is 0 Å². The molecule has 4 rings (SSSR count). The second-order valence-corrected chi connectivity index (χ2v) is 9.29. The zero-order valence-electron chi connectivity index (χ0n) is 20.3. The van der Waals surface area contributed by atoms with Gasteiger partial charge in [0.2, 0.25) is 0 Å². The van der Waals surface area contributed by atoms with Crippen molar-refractivity contribution < 1.29 is 14.6 Å². The summed E-state index contributed by atoms with van der Waals surface area (Å²) in [6, 6.07) is 18.2. The van der Waals surface area contributed by atoms with E-state index >= 15 is 0 Å². The molecule has 2 atom stereocenters. The molecule has 0 saturated carbocycles. The Bertz CT molecular complexity index is 1100. The van der Waals surface area contributed by atoms with Crippen molar-refractivity contribution in [2.24, 2.45) is 0 Å². The summed E-state index contributed by atoms with van der Waals surface area (Å²) in [4.78, 5) is 4.83. The third-order valence-corrected chi connectivity index (χ3v) is 7.32. The van der Waals surface area contributed by atoms with Crippen LogP contribution in [0.5, 0.6) is 11.5 Å². The zero-order valence-corrected chi connectivity index (χ0v) is 21.1. The van der Waals surface area contributed by atoms with Crippen molar-refractivity contribution in [2.45, 2.75) is 38.3 Å². The highest BCUT2D eigenvalue weighted by Gasteiger charge is 2.30. The summed E-state index contributed by atoms with van der Waals surface area (Å²) in [6.45, 7) is 5.82. The Morgan fingerprint density at radius 2 is 1.68 bits per heavy atom. The third kappa shape index (κ3) is 5.12. The van der Waals surface area contributed by atoms with E-state index in [1.54, 1.807) is 14.2 Å². The summed E-state index contributed by atoms with van der Waals surface area (Å²) in [5.74, 6) is 1.57. The minimum Gasteiger partial charge on any atom is -0.495 e. The smallest absolute Gasteiger partial charge is 0.142 e. The summed E-state index contributed by atoms with van der Waals surface area (Å²) in [6.07, 6.45) is 2.60. The molecule has 1 fully saturated rings. The number of anilines is 1. The van der Waals surface area contributed by atoms with Gasteiger partial charge in [-0.25, -0.2) is 0 Å². The van der Waals surface area contributed by atoms with Gasteiger partial charge in [0.1, 0.15) is 11.5 Å². The highest BCUT2D eigenvalue weighted by Crippen LogP contribution is 2.36. The molecule has 0 unspecified atom stereocenters. The molecule has 182 valence electrons. The molecule has 1 heterocycles. The number of hydrogen-bond acceptors (Lipinski definition) is 5. The molecule has 3 aromatic carbocycles. The van der Waals surface area contributed by atoms with Crippen LogP contribution in [-0.2, 0) is 0 Å². The first-order chi connectivity index (χ1) is 16.6. The Morgan fingerprint density at radius 3 is 2.38 bits per heavy atom. The maximum absolute atomic E-state index is 11.5. The number of unbranched alkanes of at least 4 members (excludes halogenated alkanes) is 1. The first kappa shape index (κ1) is 24.6. The number of rotatable bonds is 9. The number of aliphatic hydroxyl groups is 1. The van der Waals surface area contributed by atoms with Crippen molar-refractivity contribution in [2.75, 3.05) is 45.3 Å². The molecule has 0 bridgehead atoms. The van der Waals surface area contributed by atoms with E-state index in [2.05, 4.69) is 34.9 Å². The van der Waals surface area contributed by atoms with E-state index in [1.807, 2.05) is 36.4 Å². The highest BCUT2D eigenvalue weighted by molar-refractivity contribution is 6.37. The van der Waals surface area contributed by atoms with Crippen LogP contribution in [0, 0.1) is 0 Å². The summed E-state index contributed by atoms with van der Waals surface area (Å²) in [5, 5.41) is 14.1. The topological polar surface area (TPSA) is 45.2 Å². The quantitative estimate of drug-likeness (QED) is 0.410. The minimum atomic E-state index is -0.561. The molecule has 1 saturated heterocycles. The summed E-state index contributed by atoms with van der Waals surface area (Å²) in [5.41, 5.74) is 2.07. The van der Waals surface area contributed by atoms with Gasteiger partial charge in [0.15, 0.2) is 0 Å². The number of piperazine rings is 1. The van der Waals surface area contributed by atoms with E-state index in [1.165, 1.54) is 0 Å². The molecule has 0 spiro atoms. The molecule has 0 aromatic heterocycles. The minimum absolute atomic E-state index is 0.0749. The lowest BCUT2D eigenvalue weighted by Gasteiger charge is -2.42. The number of aliphatic hydroxyl groups excluding tert-OH is 1. The Kier molecular flexibility index (Phi) is 8.19. The van der Waals surface area contributed by atoms with Gasteiger partial charge in [-0.3, -0.25) is 4.90 Å². The monoisotopic (exact) mass is 482 g/mol. The van der Waals surface area contributed by atoms with Crippen LogP contribution in [-0.4, -0.2) is 56.4 Å². The van der Waals surface area contributed by atoms with Crippen LogP contribution in [0.4, 0.5) is 5.69 Å². The lowest BCUT2D eigenvalue weighted by molar-refractivity contribution is 0.0386. The number of halogens is 1. The molecule has 0 radical (unpaired) electrons. The average Bonchev–Trinajstić information content (AvgIpc) is 2.89. The van der Waals surface area contributed by atoms with E-state index < -0.39 is 6.10 Å². The van der Waals surface area contributed by atoms with Crippen LogP contribution in [0.1, 0.15) is 37.9 Å². The van der Waals surface area contributed by atoms with E-state index in [9.17, 15) is 5.11 Å². The summed E-state index contributed by atoms with van der Waals surface area (Å²) in [7, 11) is 3.34. The number of nitrogens with zero attached hydrogens (tertiary/aromatic N) is 2. The number of ether oxygens (including phenoxy) is 2. The third-order valence-electron chi connectivity index (χ3n) is 6.93. The number of fused-ring (bicyclic) bond motifs is 1. The second-order valence-electron chi connectivity index (χ2n) is 8.91. The van der Waals surface area contributed by atoms with Crippen molar-refractivity contribution in [1.82, 2.24) is 4.90 Å². The van der Waals surface area contributed by atoms with E-state index in [4.69, 9.17) is 21.1 Å². The molecular formula is C28H35ClN2O3. The van der Waals surface area contributed by atoms with Crippen molar-refractivity contribution in [3.8, 4) is 11.5 Å². The normalized spacial score (nSPS) is 16.4. The fraction of sp³-hybridized carbons (Fsp3) is 0.429. The second kappa shape index (κ2) is 11.3. The van der Waals surface area contributed by atoms with Crippen LogP contribution >= 0.6 is 11.6 Å². The lowest BCUT2D eigenvalue weighted by Crippen LogP contribution is -2.52. The van der Waals surface area contributed by atoms with E-state index in [-0.39, 0.29) is 6.04 Å². The predicted molar refractivity (Wildman–Crippen MR) is 141 cm³/mol. The van der Waals surface area contributed by atoms with Crippen molar-refractivity contribution >= 4 is 28.1 Å². The molecule has 1 aliphatic heterocycles. The van der Waals surface area contributed by atoms with Gasteiger partial charge in [-0.2, -0.15) is 0 Å². The zero-order chi connectivity index (χ0) is 24.1. The van der Waals surface area contributed by atoms with Gasteiger partial charge in [-0.1, -0.05) is 61.7 Å². The van der Waals surface area contributed by atoms with Gasteiger partial charge < -0.3 is 19.5 Å². The molecule has 5 nitrogen and oxygen atoms in total. The Labute approximate surface area is 207 Å². The Morgan fingerprint density at radius 1 is 0.941 bits per heavy atom. The predicted octanol–water partition coefficient (Wildman–Crippen LogP) is 5.92. The fourth-order valence-corrected chi connectivity index (χ4v) is 5.31. The van der Waals surface area contributed by atoms with Gasteiger partial charge in [0, 0.05) is 37.6 Å². The Hall–Kier alpha value is -2.47. The average molecular weight is 483 g/mol. The molecular weight excluding hydrogens is 448 g/mol. The van der Waals surface area contributed by atoms with Crippen molar-refractivity contribution in [3.63, 3.8) is 0 Å². The molecule has 6 heteroatoms. The van der Waals surface area contributed by atoms with Gasteiger partial charge in [-0.15, -0.1) is 0 Å². The van der Waals surface area contributed by atoms with E-state index in [0.717, 1.165) is 73.2 Å². The van der Waals surface area contributed by atoms with Crippen molar-refractivity contribution in [3.05, 3.63) is 65.2 Å². The molecule has 1 N–H and O–H groups in total. The first-order valence-corrected chi connectivity index (χ1v) is 12.5. The van der Waals surface area contributed by atoms with Crippen LogP contribution in [0.15, 0.2) is 54.6 Å². The molecule has 1 aliphatic rings. The van der Waals surface area contributed by atoms with Gasteiger partial charge in [0.25, 0.3) is 0 Å². The van der Waals surface area contributed by atoms with E-state index in [0.29, 0.717) is 10.8 Å². The van der Waals surface area contributed by atoms with Crippen LogP contribution in [0.2, 0.25) is 5.02 Å². The number of hydrogen-bond donors (Lipinski definition) is 1. The molecule has 3 aromatic rings. The lowest BCUT2D eigenvalue weighted by atomic mass is 9.94. The van der Waals surface area contributed by atoms with Crippen LogP contribution < -0.4 is 14.4 Å². The summed E-state index contributed by atoms with van der Waals surface area (Å²) < 4.78 is 10.9. The number of methoxy groups -OCH3 is 2. The Balaban J connectivity index is 1.52.